The van der Waals surface area contributed by atoms with E-state index in [1.54, 1.807) is 32.0 Å². The van der Waals surface area contributed by atoms with Crippen LogP contribution in [0.25, 0.3) is 0 Å². The number of halogens is 1. The second kappa shape index (κ2) is 16.8. The number of carbonyl (C=O) groups excluding carboxylic acids is 5. The van der Waals surface area contributed by atoms with Crippen molar-refractivity contribution in [2.24, 2.45) is 0 Å². The van der Waals surface area contributed by atoms with Crippen molar-refractivity contribution in [2.45, 2.75) is 13.8 Å². The van der Waals surface area contributed by atoms with Crippen LogP contribution in [0.15, 0.2) is 24.3 Å². The zero-order valence-corrected chi connectivity index (χ0v) is 25.6. The highest BCUT2D eigenvalue weighted by Gasteiger charge is 2.23. The molecule has 2 aromatic rings. The Labute approximate surface area is 254 Å². The van der Waals surface area contributed by atoms with E-state index in [0.717, 1.165) is 0 Å². The number of aryl methyl sites for hydroxylation is 2. The van der Waals surface area contributed by atoms with Crippen LogP contribution in [0.5, 0.6) is 11.5 Å². The monoisotopic (exact) mass is 622 g/mol. The summed E-state index contributed by atoms with van der Waals surface area (Å²) in [6.07, 6.45) is 0.660. The molecular weight excluding hydrogens is 588 g/mol. The first kappa shape index (κ1) is 34.7. The van der Waals surface area contributed by atoms with E-state index < -0.39 is 23.9 Å². The van der Waals surface area contributed by atoms with Crippen LogP contribution in [0.3, 0.4) is 0 Å². The number of carbonyl (C=O) groups is 5. The van der Waals surface area contributed by atoms with Crippen LogP contribution in [0.1, 0.15) is 21.5 Å². The minimum absolute atomic E-state index is 0.0316. The van der Waals surface area contributed by atoms with Crippen LogP contribution in [-0.4, -0.2) is 98.0 Å². The summed E-state index contributed by atoms with van der Waals surface area (Å²) in [5.74, 6) is -1.91. The van der Waals surface area contributed by atoms with Crippen LogP contribution < -0.4 is 19.3 Å². The number of rotatable bonds is 16. The van der Waals surface area contributed by atoms with Gasteiger partial charge in [-0.1, -0.05) is 11.6 Å². The molecule has 0 unspecified atom stereocenters. The number of anilines is 2. The molecule has 0 aliphatic carbocycles. The van der Waals surface area contributed by atoms with Crippen molar-refractivity contribution in [3.05, 3.63) is 46.0 Å². The van der Waals surface area contributed by atoms with Gasteiger partial charge in [0.2, 0.25) is 0 Å². The number of methoxy groups -OCH3 is 4. The van der Waals surface area contributed by atoms with Gasteiger partial charge in [-0.25, -0.2) is 0 Å². The van der Waals surface area contributed by atoms with Gasteiger partial charge in [0.15, 0.2) is 0 Å². The Kier molecular flexibility index (Phi) is 13.6. The molecule has 0 bridgehead atoms. The third-order valence-electron chi connectivity index (χ3n) is 6.19. The second-order valence-electron chi connectivity index (χ2n) is 9.08. The molecule has 0 aliphatic rings. The molecule has 0 saturated carbocycles. The van der Waals surface area contributed by atoms with Gasteiger partial charge in [-0.05, 0) is 49.2 Å². The molecule has 0 aromatic heterocycles. The van der Waals surface area contributed by atoms with Crippen molar-refractivity contribution < 1.29 is 52.4 Å². The Bertz CT molecular complexity index is 1300. The Balaban J connectivity index is 2.36. The number of benzene rings is 2. The topological polar surface area (TPSA) is 147 Å². The van der Waals surface area contributed by atoms with Crippen LogP contribution in [0.2, 0.25) is 5.02 Å². The summed E-state index contributed by atoms with van der Waals surface area (Å²) in [5, 5.41) is 0.375. The molecule has 0 N–H and O–H groups in total. The van der Waals surface area contributed by atoms with E-state index in [-0.39, 0.29) is 45.1 Å². The smallest absolute Gasteiger partial charge is 0.325 e. The van der Waals surface area contributed by atoms with Crippen molar-refractivity contribution in [2.75, 3.05) is 77.6 Å². The lowest BCUT2D eigenvalue weighted by molar-refractivity contribution is -0.141. The zero-order valence-electron chi connectivity index (χ0n) is 24.9. The molecular formula is C29H35ClN2O11. The maximum absolute atomic E-state index is 12.1. The number of ether oxygens (including phenoxy) is 6. The number of nitrogens with zero attached hydrogens (tertiary/aromatic N) is 2. The molecule has 2 rings (SSSR count). The van der Waals surface area contributed by atoms with Crippen LogP contribution in [-0.2, 0) is 38.1 Å². The van der Waals surface area contributed by atoms with E-state index in [1.807, 2.05) is 0 Å². The molecule has 14 heteroatoms. The Morgan fingerprint density at radius 1 is 0.651 bits per heavy atom. The van der Waals surface area contributed by atoms with Gasteiger partial charge in [0.05, 0.1) is 39.8 Å². The summed E-state index contributed by atoms with van der Waals surface area (Å²) in [4.78, 5) is 62.9. The predicted molar refractivity (Wildman–Crippen MR) is 156 cm³/mol. The van der Waals surface area contributed by atoms with E-state index >= 15 is 0 Å². The van der Waals surface area contributed by atoms with Crippen LogP contribution >= 0.6 is 11.6 Å². The van der Waals surface area contributed by atoms with Crippen molar-refractivity contribution >= 4 is 53.1 Å². The van der Waals surface area contributed by atoms with Gasteiger partial charge in [-0.2, -0.15) is 0 Å². The highest BCUT2D eigenvalue weighted by molar-refractivity contribution is 6.31. The fourth-order valence-corrected chi connectivity index (χ4v) is 3.98. The quantitative estimate of drug-likeness (QED) is 0.117. The molecule has 0 atom stereocenters. The lowest BCUT2D eigenvalue weighted by Gasteiger charge is -2.26. The van der Waals surface area contributed by atoms with E-state index in [4.69, 9.17) is 40.0 Å². The molecule has 0 amide bonds. The molecule has 43 heavy (non-hydrogen) atoms. The molecule has 0 saturated heterocycles. The average Bonchev–Trinajstić information content (AvgIpc) is 2.99. The van der Waals surface area contributed by atoms with Gasteiger partial charge in [-0.15, -0.1) is 0 Å². The number of esters is 4. The van der Waals surface area contributed by atoms with Crippen molar-refractivity contribution in [3.63, 3.8) is 0 Å². The van der Waals surface area contributed by atoms with Gasteiger partial charge in [0.1, 0.15) is 57.2 Å². The Hall–Kier alpha value is -4.52. The third kappa shape index (κ3) is 10.1. The largest absolute Gasteiger partial charge is 0.488 e. The Morgan fingerprint density at radius 3 is 1.44 bits per heavy atom. The van der Waals surface area contributed by atoms with Crippen molar-refractivity contribution in [1.29, 1.82) is 0 Å². The van der Waals surface area contributed by atoms with Crippen LogP contribution in [0, 0.1) is 13.8 Å². The molecule has 0 radical (unpaired) electrons. The molecule has 13 nitrogen and oxygen atoms in total. The van der Waals surface area contributed by atoms with E-state index in [9.17, 15) is 24.0 Å². The van der Waals surface area contributed by atoms with Crippen LogP contribution in [0.4, 0.5) is 11.4 Å². The lowest BCUT2D eigenvalue weighted by atomic mass is 10.1. The predicted octanol–water partition coefficient (Wildman–Crippen LogP) is 2.53. The zero-order chi connectivity index (χ0) is 32.1. The maximum atomic E-state index is 12.1. The first-order valence-electron chi connectivity index (χ1n) is 12.9. The molecule has 0 heterocycles. The number of hydrogen-bond donors (Lipinski definition) is 0. The van der Waals surface area contributed by atoms with Gasteiger partial charge >= 0.3 is 23.9 Å². The summed E-state index contributed by atoms with van der Waals surface area (Å²) >= 11 is 6.36. The summed E-state index contributed by atoms with van der Waals surface area (Å²) in [6.45, 7) is 2.24. The van der Waals surface area contributed by atoms with Gasteiger partial charge < -0.3 is 38.2 Å². The third-order valence-corrected chi connectivity index (χ3v) is 6.59. The van der Waals surface area contributed by atoms with E-state index in [0.29, 0.717) is 45.1 Å². The average molecular weight is 623 g/mol. The molecule has 2 aromatic carbocycles. The number of hydrogen-bond acceptors (Lipinski definition) is 13. The number of aldehydes is 1. The molecule has 0 aliphatic heterocycles. The molecule has 0 fully saturated rings. The fourth-order valence-electron chi connectivity index (χ4n) is 3.82. The van der Waals surface area contributed by atoms with Crippen molar-refractivity contribution in [1.82, 2.24) is 0 Å². The Morgan fingerprint density at radius 2 is 1.05 bits per heavy atom. The second-order valence-corrected chi connectivity index (χ2v) is 9.48. The minimum Gasteiger partial charge on any atom is -0.488 e. The van der Waals surface area contributed by atoms with E-state index in [2.05, 4.69) is 0 Å². The lowest BCUT2D eigenvalue weighted by Crippen LogP contribution is -2.36. The maximum Gasteiger partial charge on any atom is 0.325 e. The first-order valence-corrected chi connectivity index (χ1v) is 13.3. The SMILES string of the molecule is COC(=O)CN(CC(=O)OC)c1cc(C)c(C=O)cc1OCCOc1cc(C)c(Cl)cc1N(CC(=O)OC)CC(=O)OC. The first-order chi connectivity index (χ1) is 20.5. The van der Waals surface area contributed by atoms with Gasteiger partial charge in [-0.3, -0.25) is 24.0 Å². The summed E-state index contributed by atoms with van der Waals surface area (Å²) in [6, 6.07) is 6.32. The minimum atomic E-state index is -0.607. The fraction of sp³-hybridized carbons (Fsp3) is 0.414. The normalized spacial score (nSPS) is 10.3. The summed E-state index contributed by atoms with van der Waals surface area (Å²) < 4.78 is 31.0. The van der Waals surface area contributed by atoms with Gasteiger partial charge in [0, 0.05) is 10.6 Å². The molecule has 0 spiro atoms. The molecule has 234 valence electrons. The standard InChI is InChI=1S/C29H35ClN2O11/c1-18-9-22(31(13-26(34)38-3)14-27(35)39-4)25(11-20(18)17-33)43-8-7-42-24-10-19(2)21(30)12-23(24)32(15-28(36)40-5)16-29(37)41-6/h9-12,17H,7-8,13-16H2,1-6H3. The highest BCUT2D eigenvalue weighted by Crippen LogP contribution is 2.35. The van der Waals surface area contributed by atoms with E-state index in [1.165, 1.54) is 44.3 Å². The highest BCUT2D eigenvalue weighted by atomic mass is 35.5. The summed E-state index contributed by atoms with van der Waals surface area (Å²) in [7, 11) is 4.89. The van der Waals surface area contributed by atoms with Gasteiger partial charge in [0.25, 0.3) is 0 Å². The summed E-state index contributed by atoms with van der Waals surface area (Å²) in [5.41, 5.74) is 2.30. The van der Waals surface area contributed by atoms with Crippen molar-refractivity contribution in [3.8, 4) is 11.5 Å².